The monoisotopic (exact) mass is 278 g/mol. The molecule has 3 rings (SSSR count). The van der Waals surface area contributed by atoms with E-state index in [9.17, 15) is 5.11 Å². The molecule has 106 valence electrons. The summed E-state index contributed by atoms with van der Waals surface area (Å²) in [5.41, 5.74) is 5.03. The first kappa shape index (κ1) is 13.4. The highest BCUT2D eigenvalue weighted by Crippen LogP contribution is 2.29. The lowest BCUT2D eigenvalue weighted by Gasteiger charge is -1.99. The molecule has 1 aromatic heterocycles. The van der Waals surface area contributed by atoms with Crippen LogP contribution in [-0.2, 0) is 7.05 Å². The Kier molecular flexibility index (Phi) is 3.26. The maximum absolute atomic E-state index is 10.3. The molecule has 0 radical (unpaired) electrons. The van der Waals surface area contributed by atoms with Gasteiger partial charge in [0.15, 0.2) is 0 Å². The summed E-state index contributed by atoms with van der Waals surface area (Å²) >= 11 is 0. The predicted octanol–water partition coefficient (Wildman–Crippen LogP) is 4.25. The van der Waals surface area contributed by atoms with Gasteiger partial charge in [0.1, 0.15) is 0 Å². The Morgan fingerprint density at radius 1 is 1.05 bits per heavy atom. The largest absolute Gasteiger partial charge is 0.494 e. The van der Waals surface area contributed by atoms with Gasteiger partial charge < -0.3 is 9.67 Å². The van der Waals surface area contributed by atoms with Gasteiger partial charge in [0.25, 0.3) is 0 Å². The topological polar surface area (TPSA) is 37.5 Å². The van der Waals surface area contributed by atoms with Gasteiger partial charge in [-0.05, 0) is 43.2 Å². The van der Waals surface area contributed by atoms with Crippen LogP contribution in [0.3, 0.4) is 0 Å². The minimum Gasteiger partial charge on any atom is -0.494 e. The van der Waals surface area contributed by atoms with Crippen LogP contribution < -0.4 is 0 Å². The van der Waals surface area contributed by atoms with Crippen molar-refractivity contribution >= 4 is 22.8 Å². The van der Waals surface area contributed by atoms with Crippen LogP contribution in [0.2, 0.25) is 0 Å². The van der Waals surface area contributed by atoms with Crippen molar-refractivity contribution in [2.75, 3.05) is 0 Å². The van der Waals surface area contributed by atoms with E-state index in [1.54, 1.807) is 10.8 Å². The van der Waals surface area contributed by atoms with Crippen molar-refractivity contribution in [1.82, 2.24) is 4.57 Å². The van der Waals surface area contributed by atoms with Gasteiger partial charge in [0.05, 0.1) is 16.8 Å². The van der Waals surface area contributed by atoms with Gasteiger partial charge in [0, 0.05) is 18.6 Å². The van der Waals surface area contributed by atoms with Crippen molar-refractivity contribution in [3.8, 4) is 5.88 Å². The van der Waals surface area contributed by atoms with E-state index in [2.05, 4.69) is 24.9 Å². The third-order valence-corrected chi connectivity index (χ3v) is 3.66. The lowest BCUT2D eigenvalue weighted by Crippen LogP contribution is -1.86. The maximum atomic E-state index is 10.3. The fraction of sp³-hybridized carbons (Fsp3) is 0.167. The number of aromatic hydroxyl groups is 1. The van der Waals surface area contributed by atoms with E-state index in [-0.39, 0.29) is 5.88 Å². The minimum atomic E-state index is 0.240. The quantitative estimate of drug-likeness (QED) is 0.699. The third-order valence-electron chi connectivity index (χ3n) is 3.66. The van der Waals surface area contributed by atoms with Gasteiger partial charge in [-0.25, -0.2) is 0 Å². The number of benzene rings is 2. The second-order valence-electron chi connectivity index (χ2n) is 5.42. The smallest absolute Gasteiger partial charge is 0.200 e. The first-order chi connectivity index (χ1) is 10.1. The minimum absolute atomic E-state index is 0.240. The molecular formula is C18H18N2O. The van der Waals surface area contributed by atoms with E-state index in [1.165, 1.54) is 11.1 Å². The molecule has 0 fully saturated rings. The number of rotatable bonds is 2. The normalized spacial score (nSPS) is 11.6. The second-order valence-corrected chi connectivity index (χ2v) is 5.42. The number of hydrogen-bond donors (Lipinski definition) is 1. The highest BCUT2D eigenvalue weighted by Gasteiger charge is 2.11. The number of hydrogen-bond acceptors (Lipinski definition) is 2. The molecule has 21 heavy (non-hydrogen) atoms. The summed E-state index contributed by atoms with van der Waals surface area (Å²) in [6.45, 7) is 4.11. The van der Waals surface area contributed by atoms with Gasteiger partial charge in [-0.3, -0.25) is 4.99 Å². The van der Waals surface area contributed by atoms with Crippen molar-refractivity contribution in [3.63, 3.8) is 0 Å². The molecule has 0 unspecified atom stereocenters. The Bertz CT molecular complexity index is 824. The Morgan fingerprint density at radius 3 is 2.43 bits per heavy atom. The Balaban J connectivity index is 2.09. The third kappa shape index (κ3) is 2.42. The van der Waals surface area contributed by atoms with Crippen molar-refractivity contribution in [2.45, 2.75) is 13.8 Å². The van der Waals surface area contributed by atoms with Crippen LogP contribution in [0.5, 0.6) is 5.88 Å². The van der Waals surface area contributed by atoms with Gasteiger partial charge >= 0.3 is 0 Å². The average Bonchev–Trinajstić information content (AvgIpc) is 2.69. The van der Waals surface area contributed by atoms with Crippen LogP contribution in [-0.4, -0.2) is 15.9 Å². The fourth-order valence-electron chi connectivity index (χ4n) is 2.70. The number of nitrogens with zero attached hydrogens (tertiary/aromatic N) is 2. The molecule has 0 saturated carbocycles. The Hall–Kier alpha value is -2.55. The fourth-order valence-corrected chi connectivity index (χ4v) is 2.70. The van der Waals surface area contributed by atoms with E-state index >= 15 is 0 Å². The van der Waals surface area contributed by atoms with Crippen LogP contribution in [0, 0.1) is 13.8 Å². The highest BCUT2D eigenvalue weighted by molar-refractivity contribution is 6.03. The summed E-state index contributed by atoms with van der Waals surface area (Å²) in [4.78, 5) is 4.52. The number of aryl methyl sites for hydroxylation is 3. The molecular weight excluding hydrogens is 260 g/mol. The standard InChI is InChI=1S/C18H18N2O/c1-12-8-13(2)10-14(9-12)19-11-16-15-6-4-5-7-17(15)20(3)18(16)21/h4-11,21H,1-3H3. The first-order valence-corrected chi connectivity index (χ1v) is 6.95. The molecule has 0 amide bonds. The number of para-hydroxylation sites is 1. The van der Waals surface area contributed by atoms with E-state index in [1.807, 2.05) is 43.4 Å². The van der Waals surface area contributed by atoms with Gasteiger partial charge in [-0.2, -0.15) is 0 Å². The van der Waals surface area contributed by atoms with Crippen LogP contribution in [0.15, 0.2) is 47.5 Å². The number of fused-ring (bicyclic) bond motifs is 1. The molecule has 0 saturated heterocycles. The molecule has 0 aliphatic carbocycles. The molecule has 0 aliphatic heterocycles. The van der Waals surface area contributed by atoms with Gasteiger partial charge in [0.2, 0.25) is 5.88 Å². The molecule has 0 aliphatic rings. The van der Waals surface area contributed by atoms with Crippen molar-refractivity contribution in [1.29, 1.82) is 0 Å². The SMILES string of the molecule is Cc1cc(C)cc(N=Cc2c(O)n(C)c3ccccc23)c1. The highest BCUT2D eigenvalue weighted by atomic mass is 16.3. The van der Waals surface area contributed by atoms with E-state index in [4.69, 9.17) is 0 Å². The van der Waals surface area contributed by atoms with Crippen molar-refractivity contribution < 1.29 is 5.11 Å². The summed E-state index contributed by atoms with van der Waals surface area (Å²) in [6, 6.07) is 14.1. The van der Waals surface area contributed by atoms with E-state index < -0.39 is 0 Å². The van der Waals surface area contributed by atoms with Crippen LogP contribution in [0.4, 0.5) is 5.69 Å². The Labute approximate surface area is 124 Å². The lowest BCUT2D eigenvalue weighted by atomic mass is 10.1. The van der Waals surface area contributed by atoms with Gasteiger partial charge in [-0.1, -0.05) is 24.3 Å². The summed E-state index contributed by atoms with van der Waals surface area (Å²) < 4.78 is 1.78. The molecule has 0 bridgehead atoms. The first-order valence-electron chi connectivity index (χ1n) is 6.95. The van der Waals surface area contributed by atoms with Crippen LogP contribution >= 0.6 is 0 Å². The maximum Gasteiger partial charge on any atom is 0.200 e. The molecule has 0 atom stereocenters. The van der Waals surface area contributed by atoms with Gasteiger partial charge in [-0.15, -0.1) is 0 Å². The second kappa shape index (κ2) is 5.09. The zero-order valence-corrected chi connectivity index (χ0v) is 12.5. The average molecular weight is 278 g/mol. The molecule has 3 heteroatoms. The van der Waals surface area contributed by atoms with Crippen molar-refractivity contribution in [2.24, 2.45) is 12.0 Å². The molecule has 0 spiro atoms. The molecule has 2 aromatic carbocycles. The van der Waals surface area contributed by atoms with Crippen LogP contribution in [0.25, 0.3) is 10.9 Å². The zero-order chi connectivity index (χ0) is 15.0. The van der Waals surface area contributed by atoms with E-state index in [0.717, 1.165) is 22.2 Å². The summed E-state index contributed by atoms with van der Waals surface area (Å²) in [5.74, 6) is 0.240. The summed E-state index contributed by atoms with van der Waals surface area (Å²) in [5, 5.41) is 11.3. The number of aliphatic imine (C=N–C) groups is 1. The molecule has 3 nitrogen and oxygen atoms in total. The summed E-state index contributed by atoms with van der Waals surface area (Å²) in [6.07, 6.45) is 1.74. The molecule has 1 heterocycles. The predicted molar refractivity (Wildman–Crippen MR) is 87.8 cm³/mol. The van der Waals surface area contributed by atoms with Crippen molar-refractivity contribution in [3.05, 3.63) is 59.2 Å². The molecule has 3 aromatic rings. The van der Waals surface area contributed by atoms with Crippen LogP contribution in [0.1, 0.15) is 16.7 Å². The Morgan fingerprint density at radius 2 is 1.71 bits per heavy atom. The zero-order valence-electron chi connectivity index (χ0n) is 12.5. The number of aromatic nitrogens is 1. The van der Waals surface area contributed by atoms with E-state index in [0.29, 0.717) is 0 Å². The summed E-state index contributed by atoms with van der Waals surface area (Å²) in [7, 11) is 1.85. The lowest BCUT2D eigenvalue weighted by molar-refractivity contribution is 0.434. The molecule has 1 N–H and O–H groups in total.